The Kier molecular flexibility index (Phi) is 13.2. The molecule has 0 aliphatic carbocycles. The second kappa shape index (κ2) is 15.3. The summed E-state index contributed by atoms with van der Waals surface area (Å²) >= 11 is 2.01. The third-order valence-electron chi connectivity index (χ3n) is 5.29. The Bertz CT molecular complexity index is 991. The Balaban J connectivity index is 3.12. The molecule has 1 aromatic rings. The average Bonchev–Trinajstić information content (AvgIpc) is 2.81. The summed E-state index contributed by atoms with van der Waals surface area (Å²) in [5.74, 6) is -0.236. The molecule has 8 heteroatoms. The molecule has 0 spiro atoms. The maximum Gasteiger partial charge on any atom is 0.257 e. The van der Waals surface area contributed by atoms with Crippen molar-refractivity contribution in [3.05, 3.63) is 62.9 Å². The summed E-state index contributed by atoms with van der Waals surface area (Å²) in [6.45, 7) is 12.6. The number of anilines is 1. The number of halogens is 1. The van der Waals surface area contributed by atoms with Gasteiger partial charge in [0.1, 0.15) is 0 Å². The van der Waals surface area contributed by atoms with Gasteiger partial charge < -0.3 is 20.5 Å². The first kappa shape index (κ1) is 30.3. The molecule has 1 rings (SSSR count). The molecule has 7 nitrogen and oxygen atoms in total. The molecule has 0 aliphatic rings. The fourth-order valence-electron chi connectivity index (χ4n) is 3.41. The van der Waals surface area contributed by atoms with E-state index >= 15 is 0 Å². The monoisotopic (exact) mass is 591 g/mol. The Morgan fingerprint density at radius 2 is 1.69 bits per heavy atom. The van der Waals surface area contributed by atoms with E-state index in [0.717, 1.165) is 22.4 Å². The van der Waals surface area contributed by atoms with Gasteiger partial charge >= 0.3 is 0 Å². The molecule has 0 saturated carbocycles. The van der Waals surface area contributed by atoms with Crippen LogP contribution in [0.2, 0.25) is 0 Å². The third-order valence-corrected chi connectivity index (χ3v) is 6.14. The van der Waals surface area contributed by atoms with Gasteiger partial charge in [-0.1, -0.05) is 29.4 Å². The average molecular weight is 592 g/mol. The molecule has 35 heavy (non-hydrogen) atoms. The van der Waals surface area contributed by atoms with E-state index in [-0.39, 0.29) is 11.8 Å². The van der Waals surface area contributed by atoms with Crippen molar-refractivity contribution in [2.45, 2.75) is 60.4 Å². The van der Waals surface area contributed by atoms with Crippen molar-refractivity contribution in [2.75, 3.05) is 18.0 Å². The minimum Gasteiger partial charge on any atom is -0.343 e. The molecular weight excluding hydrogens is 553 g/mol. The largest absolute Gasteiger partial charge is 0.343 e. The van der Waals surface area contributed by atoms with Crippen molar-refractivity contribution < 1.29 is 9.59 Å². The topological polar surface area (TPSA) is 100 Å². The van der Waals surface area contributed by atoms with Crippen LogP contribution in [0.5, 0.6) is 0 Å². The zero-order valence-electron chi connectivity index (χ0n) is 21.6. The van der Waals surface area contributed by atoms with E-state index in [4.69, 9.17) is 10.8 Å². The van der Waals surface area contributed by atoms with E-state index in [1.54, 1.807) is 22.8 Å². The highest BCUT2D eigenvalue weighted by Gasteiger charge is 2.20. The maximum absolute atomic E-state index is 12.8. The maximum atomic E-state index is 12.8. The van der Waals surface area contributed by atoms with Gasteiger partial charge in [0.05, 0.1) is 16.0 Å². The zero-order valence-corrected chi connectivity index (χ0v) is 23.8. The number of rotatable bonds is 13. The van der Waals surface area contributed by atoms with Crippen molar-refractivity contribution in [1.29, 1.82) is 10.8 Å². The zero-order chi connectivity index (χ0) is 26.5. The Labute approximate surface area is 223 Å². The van der Waals surface area contributed by atoms with Gasteiger partial charge in [-0.25, -0.2) is 0 Å². The van der Waals surface area contributed by atoms with Crippen LogP contribution < -0.4 is 10.2 Å². The number of nitrogens with zero attached hydrogens (tertiary/aromatic N) is 2. The summed E-state index contributed by atoms with van der Waals surface area (Å²) in [5.41, 5.74) is 4.20. The van der Waals surface area contributed by atoms with E-state index in [1.165, 1.54) is 6.34 Å². The first-order chi connectivity index (χ1) is 16.5. The number of nitrogens with one attached hydrogen (secondary N) is 3. The van der Waals surface area contributed by atoms with Crippen LogP contribution in [-0.4, -0.2) is 47.9 Å². The lowest BCUT2D eigenvalue weighted by Crippen LogP contribution is -2.41. The van der Waals surface area contributed by atoms with Crippen molar-refractivity contribution in [3.63, 3.8) is 0 Å². The van der Waals surface area contributed by atoms with Gasteiger partial charge in [-0.05, 0) is 87.4 Å². The highest BCUT2D eigenvalue weighted by Crippen LogP contribution is 2.18. The molecule has 0 heterocycles. The molecule has 0 fully saturated rings. The van der Waals surface area contributed by atoms with Gasteiger partial charge in [0, 0.05) is 44.0 Å². The number of allylic oxidation sites excluding steroid dienone is 3. The van der Waals surface area contributed by atoms with Gasteiger partial charge in [-0.3, -0.25) is 15.0 Å². The minimum atomic E-state index is -0.489. The summed E-state index contributed by atoms with van der Waals surface area (Å²) in [4.78, 5) is 28.1. The Hall–Kier alpha value is -2.75. The number of benzene rings is 1. The van der Waals surface area contributed by atoms with E-state index < -0.39 is 6.04 Å². The van der Waals surface area contributed by atoms with Gasteiger partial charge in [-0.2, -0.15) is 0 Å². The van der Waals surface area contributed by atoms with Crippen molar-refractivity contribution in [3.8, 4) is 0 Å². The molecule has 0 radical (unpaired) electrons. The molecule has 1 unspecified atom stereocenters. The third kappa shape index (κ3) is 10.6. The van der Waals surface area contributed by atoms with Crippen LogP contribution in [0, 0.1) is 10.8 Å². The first-order valence-electron chi connectivity index (χ1n) is 11.7. The molecule has 0 saturated heterocycles. The van der Waals surface area contributed by atoms with Crippen molar-refractivity contribution in [1.82, 2.24) is 10.2 Å². The summed E-state index contributed by atoms with van der Waals surface area (Å²) in [5, 5.41) is 19.3. The van der Waals surface area contributed by atoms with E-state index in [2.05, 4.69) is 5.32 Å². The standard InChI is InChI=1S/C27H38IN5O2/c1-7-32(18-29)17-20(5)15-26(31-27(35)24(28)14-9-19(3)4)25(30)16-22-10-12-23(13-11-22)33(8-2)21(6)34/h9-14,17-18,26,29-30H,7-8,15-16H2,1-6H3,(H,31,35)/b20-17+,24-14-,29-18?,30-25?. The van der Waals surface area contributed by atoms with Crippen LogP contribution in [0.3, 0.4) is 0 Å². The SMILES string of the molecule is CCN(C=N)/C=C(\C)CC(NC(=O)/C(I)=C/C=C(C)C)C(=N)Cc1ccc(N(CC)C(C)=O)cc1. The molecule has 0 aliphatic heterocycles. The van der Waals surface area contributed by atoms with Crippen LogP contribution in [0.15, 0.2) is 57.3 Å². The number of hydrogen-bond acceptors (Lipinski definition) is 4. The summed E-state index contributed by atoms with van der Waals surface area (Å²) in [6, 6.07) is 7.13. The normalized spacial score (nSPS) is 12.4. The van der Waals surface area contributed by atoms with Gasteiger partial charge in [0.2, 0.25) is 5.91 Å². The van der Waals surface area contributed by atoms with Crippen LogP contribution in [0.1, 0.15) is 53.5 Å². The summed E-state index contributed by atoms with van der Waals surface area (Å²) in [6.07, 6.45) is 7.64. The molecule has 0 bridgehead atoms. The van der Waals surface area contributed by atoms with E-state index in [1.807, 2.05) is 93.8 Å². The van der Waals surface area contributed by atoms with Crippen LogP contribution in [-0.2, 0) is 16.0 Å². The van der Waals surface area contributed by atoms with Gasteiger partial charge in [0.25, 0.3) is 5.91 Å². The minimum absolute atomic E-state index is 0.0140. The quantitative estimate of drug-likeness (QED) is 0.0914. The smallest absolute Gasteiger partial charge is 0.257 e. The van der Waals surface area contributed by atoms with Gasteiger partial charge in [-0.15, -0.1) is 0 Å². The lowest BCUT2D eigenvalue weighted by atomic mass is 9.97. The predicted molar refractivity (Wildman–Crippen MR) is 155 cm³/mol. The second-order valence-electron chi connectivity index (χ2n) is 8.56. The predicted octanol–water partition coefficient (Wildman–Crippen LogP) is 5.61. The molecule has 2 amide bonds. The van der Waals surface area contributed by atoms with Crippen molar-refractivity contribution >= 4 is 52.1 Å². The lowest BCUT2D eigenvalue weighted by Gasteiger charge is -2.22. The molecule has 1 aromatic carbocycles. The highest BCUT2D eigenvalue weighted by atomic mass is 127. The van der Waals surface area contributed by atoms with E-state index in [9.17, 15) is 9.59 Å². The number of hydrogen-bond donors (Lipinski definition) is 3. The Morgan fingerprint density at radius 1 is 1.06 bits per heavy atom. The molecular formula is C27H38IN5O2. The Morgan fingerprint density at radius 3 is 2.17 bits per heavy atom. The van der Waals surface area contributed by atoms with Gasteiger partial charge in [0.15, 0.2) is 0 Å². The highest BCUT2D eigenvalue weighted by molar-refractivity contribution is 14.1. The number of carbonyl (C=O) groups is 2. The fraction of sp³-hybridized carbons (Fsp3) is 0.407. The first-order valence-corrected chi connectivity index (χ1v) is 12.8. The van der Waals surface area contributed by atoms with Crippen molar-refractivity contribution in [2.24, 2.45) is 0 Å². The van der Waals surface area contributed by atoms with Crippen LogP contribution >= 0.6 is 22.6 Å². The fourth-order valence-corrected chi connectivity index (χ4v) is 3.74. The summed E-state index contributed by atoms with van der Waals surface area (Å²) < 4.78 is 0.547. The number of carbonyl (C=O) groups excluding carboxylic acids is 2. The lowest BCUT2D eigenvalue weighted by molar-refractivity contribution is -0.117. The number of amides is 2. The van der Waals surface area contributed by atoms with Crippen LogP contribution in [0.4, 0.5) is 5.69 Å². The molecule has 1 atom stereocenters. The molecule has 190 valence electrons. The van der Waals surface area contributed by atoms with Crippen LogP contribution in [0.25, 0.3) is 0 Å². The second-order valence-corrected chi connectivity index (χ2v) is 9.72. The molecule has 0 aromatic heterocycles. The summed E-state index contributed by atoms with van der Waals surface area (Å²) in [7, 11) is 0. The van der Waals surface area contributed by atoms with E-state index in [0.29, 0.717) is 35.2 Å². The molecule has 3 N–H and O–H groups in total.